The number of nitriles is 1. The lowest BCUT2D eigenvalue weighted by molar-refractivity contribution is 0.0740. The van der Waals surface area contributed by atoms with E-state index in [1.807, 2.05) is 0 Å². The highest BCUT2D eigenvalue weighted by molar-refractivity contribution is 7.21. The summed E-state index contributed by atoms with van der Waals surface area (Å²) in [5, 5.41) is 12.1. The normalized spacial score (nSPS) is 14.9. The topological polar surface area (TPSA) is 85.3 Å². The summed E-state index contributed by atoms with van der Waals surface area (Å²) >= 11 is 26.1. The molecular weight excluding hydrogens is 550 g/mol. The number of halogens is 4. The number of carbonyl (C=O) groups is 1. The molecule has 0 spiro atoms. The molecule has 0 aliphatic carbocycles. The largest absolute Gasteiger partial charge is 0.440 e. The van der Waals surface area contributed by atoms with Crippen LogP contribution in [0.3, 0.4) is 0 Å². The smallest absolute Gasteiger partial charge is 0.355 e. The molecular formula is C25H12Cl4N2O3S. The van der Waals surface area contributed by atoms with E-state index >= 15 is 0 Å². The molecule has 0 fully saturated rings. The highest BCUT2D eigenvalue weighted by Gasteiger charge is 2.32. The maximum atomic E-state index is 12.9. The van der Waals surface area contributed by atoms with E-state index in [2.05, 4.69) is 6.07 Å². The first-order chi connectivity index (χ1) is 16.8. The number of carbonyl (C=O) groups excluding carboxylic acids is 1. The van der Waals surface area contributed by atoms with Crippen LogP contribution >= 0.6 is 57.7 Å². The Kier molecular flexibility index (Phi) is 6.30. The Morgan fingerprint density at radius 3 is 2.46 bits per heavy atom. The third-order valence-electron chi connectivity index (χ3n) is 5.45. The van der Waals surface area contributed by atoms with Gasteiger partial charge >= 0.3 is 5.97 Å². The van der Waals surface area contributed by atoms with Gasteiger partial charge < -0.3 is 15.2 Å². The van der Waals surface area contributed by atoms with Crippen molar-refractivity contribution >= 4 is 73.8 Å². The Hall–Kier alpha value is -2.92. The van der Waals surface area contributed by atoms with Gasteiger partial charge in [0.25, 0.3) is 0 Å². The van der Waals surface area contributed by atoms with Crippen LogP contribution in [0.1, 0.15) is 26.7 Å². The third-order valence-corrected chi connectivity index (χ3v) is 7.89. The first kappa shape index (κ1) is 23.8. The van der Waals surface area contributed by atoms with Crippen LogP contribution in [0.25, 0.3) is 10.1 Å². The van der Waals surface area contributed by atoms with Gasteiger partial charge in [0.1, 0.15) is 28.0 Å². The number of ether oxygens (including phenoxy) is 2. The molecule has 174 valence electrons. The molecule has 3 aromatic carbocycles. The zero-order valence-corrected chi connectivity index (χ0v) is 21.3. The molecule has 1 aliphatic rings. The van der Waals surface area contributed by atoms with Crippen molar-refractivity contribution in [2.45, 2.75) is 5.92 Å². The zero-order chi connectivity index (χ0) is 24.9. The Bertz CT molecular complexity index is 1610. The van der Waals surface area contributed by atoms with E-state index in [-0.39, 0.29) is 22.1 Å². The van der Waals surface area contributed by atoms with E-state index in [4.69, 9.17) is 61.6 Å². The fourth-order valence-electron chi connectivity index (χ4n) is 3.88. The van der Waals surface area contributed by atoms with Crippen LogP contribution in [-0.4, -0.2) is 5.97 Å². The monoisotopic (exact) mass is 560 g/mol. The lowest BCUT2D eigenvalue weighted by Crippen LogP contribution is -2.21. The van der Waals surface area contributed by atoms with Crippen molar-refractivity contribution in [1.82, 2.24) is 0 Å². The Morgan fingerprint density at radius 1 is 1.00 bits per heavy atom. The minimum absolute atomic E-state index is 0.0658. The van der Waals surface area contributed by atoms with E-state index in [9.17, 15) is 10.1 Å². The number of hydrogen-bond donors (Lipinski definition) is 1. The Labute approximate surface area is 223 Å². The van der Waals surface area contributed by atoms with Crippen molar-refractivity contribution in [2.24, 2.45) is 5.73 Å². The average Bonchev–Trinajstić information content (AvgIpc) is 3.14. The number of nitrogens with zero attached hydrogens (tertiary/aromatic N) is 1. The SMILES string of the molecule is N#CC1=C(N)Oc2cc(OC(=O)c3sc4cc(Cl)ccc4c3Cl)ccc2C1c1ccc(Cl)cc1Cl. The molecule has 0 bridgehead atoms. The predicted octanol–water partition coefficient (Wildman–Crippen LogP) is 7.95. The second-order valence-electron chi connectivity index (χ2n) is 7.57. The third kappa shape index (κ3) is 4.31. The van der Waals surface area contributed by atoms with Crippen LogP contribution in [0.4, 0.5) is 0 Å². The van der Waals surface area contributed by atoms with E-state index in [0.29, 0.717) is 42.4 Å². The second kappa shape index (κ2) is 9.27. The van der Waals surface area contributed by atoms with Gasteiger partial charge in [-0.1, -0.05) is 64.6 Å². The van der Waals surface area contributed by atoms with Crippen molar-refractivity contribution in [1.29, 1.82) is 5.26 Å². The van der Waals surface area contributed by atoms with Gasteiger partial charge in [-0.3, -0.25) is 0 Å². The molecule has 10 heteroatoms. The van der Waals surface area contributed by atoms with Gasteiger partial charge in [0.15, 0.2) is 0 Å². The predicted molar refractivity (Wildman–Crippen MR) is 139 cm³/mol. The van der Waals surface area contributed by atoms with Gasteiger partial charge in [-0.15, -0.1) is 11.3 Å². The van der Waals surface area contributed by atoms with E-state index < -0.39 is 11.9 Å². The molecule has 0 saturated heterocycles. The molecule has 1 aromatic heterocycles. The fourth-order valence-corrected chi connectivity index (χ4v) is 6.06. The van der Waals surface area contributed by atoms with Crippen molar-refractivity contribution < 1.29 is 14.3 Å². The van der Waals surface area contributed by atoms with E-state index in [0.717, 1.165) is 4.70 Å². The van der Waals surface area contributed by atoms with Crippen molar-refractivity contribution in [3.8, 4) is 17.6 Å². The highest BCUT2D eigenvalue weighted by atomic mass is 35.5. The van der Waals surface area contributed by atoms with Crippen LogP contribution in [0.2, 0.25) is 20.1 Å². The van der Waals surface area contributed by atoms with Gasteiger partial charge in [-0.05, 0) is 35.9 Å². The minimum atomic E-state index is -0.624. The van der Waals surface area contributed by atoms with Gasteiger partial charge in [-0.25, -0.2) is 4.79 Å². The molecule has 1 atom stereocenters. The molecule has 5 rings (SSSR count). The van der Waals surface area contributed by atoms with Gasteiger partial charge in [-0.2, -0.15) is 5.26 Å². The number of allylic oxidation sites excluding steroid dienone is 1. The fraction of sp³-hybridized carbons (Fsp3) is 0.0400. The van der Waals surface area contributed by atoms with Crippen LogP contribution in [0.5, 0.6) is 11.5 Å². The van der Waals surface area contributed by atoms with Gasteiger partial charge in [0.2, 0.25) is 5.88 Å². The first-order valence-corrected chi connectivity index (χ1v) is 12.4. The summed E-state index contributed by atoms with van der Waals surface area (Å²) in [5.41, 5.74) is 7.54. The average molecular weight is 562 g/mol. The number of fused-ring (bicyclic) bond motifs is 2. The quantitative estimate of drug-likeness (QED) is 0.202. The maximum absolute atomic E-state index is 12.9. The zero-order valence-electron chi connectivity index (χ0n) is 17.4. The van der Waals surface area contributed by atoms with E-state index in [1.165, 1.54) is 17.4 Å². The number of nitrogens with two attached hydrogens (primary N) is 1. The molecule has 0 radical (unpaired) electrons. The molecule has 1 unspecified atom stereocenters. The molecule has 2 N–H and O–H groups in total. The van der Waals surface area contributed by atoms with Crippen molar-refractivity contribution in [2.75, 3.05) is 0 Å². The summed E-state index contributed by atoms with van der Waals surface area (Å²) in [7, 11) is 0. The maximum Gasteiger partial charge on any atom is 0.355 e. The molecule has 5 nitrogen and oxygen atoms in total. The van der Waals surface area contributed by atoms with Crippen molar-refractivity contribution in [3.05, 3.63) is 102 Å². The van der Waals surface area contributed by atoms with Crippen LogP contribution in [0.15, 0.2) is 66.1 Å². The van der Waals surface area contributed by atoms with Crippen LogP contribution in [0, 0.1) is 11.3 Å². The summed E-state index contributed by atoms with van der Waals surface area (Å²) < 4.78 is 12.1. The highest BCUT2D eigenvalue weighted by Crippen LogP contribution is 2.46. The van der Waals surface area contributed by atoms with E-state index in [1.54, 1.807) is 48.5 Å². The van der Waals surface area contributed by atoms with Crippen molar-refractivity contribution in [3.63, 3.8) is 0 Å². The number of hydrogen-bond acceptors (Lipinski definition) is 6. The molecule has 4 aromatic rings. The lowest BCUT2D eigenvalue weighted by atomic mass is 9.83. The summed E-state index contributed by atoms with van der Waals surface area (Å²) in [4.78, 5) is 13.2. The molecule has 0 amide bonds. The molecule has 2 heterocycles. The summed E-state index contributed by atoms with van der Waals surface area (Å²) in [6, 6.07) is 17.1. The minimum Gasteiger partial charge on any atom is -0.440 e. The number of thiophene rings is 1. The van der Waals surface area contributed by atoms with Crippen LogP contribution < -0.4 is 15.2 Å². The summed E-state index contributed by atoms with van der Waals surface area (Å²) in [6.07, 6.45) is 0. The van der Waals surface area contributed by atoms with Gasteiger partial charge in [0, 0.05) is 36.8 Å². The standard InChI is InChI=1S/C25H12Cl4N2O3S/c26-11-1-4-14(18(28)7-11)21-15-6-3-13(9-19(15)34-24(31)17(21)10-30)33-25(32)23-22(29)16-5-2-12(27)8-20(16)35-23/h1-9,21H,31H2. The summed E-state index contributed by atoms with van der Waals surface area (Å²) in [5.74, 6) is -0.725. The first-order valence-electron chi connectivity index (χ1n) is 10.0. The second-order valence-corrected chi connectivity index (χ2v) is 10.3. The molecule has 0 saturated carbocycles. The molecule has 35 heavy (non-hydrogen) atoms. The van der Waals surface area contributed by atoms with Crippen LogP contribution in [-0.2, 0) is 0 Å². The number of benzene rings is 3. The lowest BCUT2D eigenvalue weighted by Gasteiger charge is -2.27. The summed E-state index contributed by atoms with van der Waals surface area (Å²) in [6.45, 7) is 0. The van der Waals surface area contributed by atoms with Gasteiger partial charge in [0.05, 0.1) is 10.9 Å². The number of esters is 1. The number of rotatable bonds is 3. The Balaban J connectivity index is 1.51. The Morgan fingerprint density at radius 2 is 1.71 bits per heavy atom. The molecule has 1 aliphatic heterocycles.